The molecule has 1 N–H and O–H groups in total. The number of imide groups is 2. The van der Waals surface area contributed by atoms with E-state index in [-0.39, 0.29) is 12.2 Å². The van der Waals surface area contributed by atoms with Crippen molar-refractivity contribution in [3.63, 3.8) is 0 Å². The molecule has 0 spiro atoms. The lowest BCUT2D eigenvalue weighted by Gasteiger charge is -2.26. The molecule has 5 rings (SSSR count). The Morgan fingerprint density at radius 3 is 1.98 bits per heavy atom. The van der Waals surface area contributed by atoms with Crippen LogP contribution in [0.2, 0.25) is 0 Å². The molecule has 200 valence electrons. The van der Waals surface area contributed by atoms with Gasteiger partial charge in [-0.05, 0) is 69.5 Å². The first kappa shape index (κ1) is 27.4. The molecule has 1 aliphatic rings. The fourth-order valence-electron chi connectivity index (χ4n) is 4.05. The number of nitrogens with one attached hydrogen (secondary N) is 1. The largest absolute Gasteiger partial charge is 0.489 e. The molecule has 4 amide bonds. The van der Waals surface area contributed by atoms with E-state index in [1.165, 1.54) is 6.08 Å². The molecular weight excluding hydrogens is 640 g/mol. The SMILES string of the molecule is O=C1NC(=O)N(c2ccc(OCc3ccccc3)cc2)C(=O)/C1=C/c1cc(Br)cc(Br)c1OCc1ccccc1. The van der Waals surface area contributed by atoms with Crippen LogP contribution >= 0.6 is 31.9 Å². The zero-order valence-corrected chi connectivity index (χ0v) is 24.1. The Morgan fingerprint density at radius 2 is 1.35 bits per heavy atom. The minimum absolute atomic E-state index is 0.210. The van der Waals surface area contributed by atoms with Crippen LogP contribution < -0.4 is 19.7 Å². The highest BCUT2D eigenvalue weighted by molar-refractivity contribution is 9.11. The molecule has 40 heavy (non-hydrogen) atoms. The number of carbonyl (C=O) groups is 3. The zero-order chi connectivity index (χ0) is 28.1. The van der Waals surface area contributed by atoms with Gasteiger partial charge in [-0.15, -0.1) is 0 Å². The van der Waals surface area contributed by atoms with Crippen LogP contribution in [0.1, 0.15) is 16.7 Å². The average Bonchev–Trinajstić information content (AvgIpc) is 2.95. The number of hydrogen-bond acceptors (Lipinski definition) is 5. The summed E-state index contributed by atoms with van der Waals surface area (Å²) in [4.78, 5) is 39.9. The van der Waals surface area contributed by atoms with Gasteiger partial charge in [0.2, 0.25) is 0 Å². The van der Waals surface area contributed by atoms with Crippen molar-refractivity contribution in [2.24, 2.45) is 0 Å². The number of rotatable bonds is 8. The molecule has 4 aromatic rings. The molecule has 1 fully saturated rings. The monoisotopic (exact) mass is 660 g/mol. The lowest BCUT2D eigenvalue weighted by Crippen LogP contribution is -2.54. The summed E-state index contributed by atoms with van der Waals surface area (Å²) in [6.45, 7) is 0.655. The van der Waals surface area contributed by atoms with E-state index in [4.69, 9.17) is 9.47 Å². The zero-order valence-electron chi connectivity index (χ0n) is 21.0. The quantitative estimate of drug-likeness (QED) is 0.162. The van der Waals surface area contributed by atoms with Gasteiger partial charge >= 0.3 is 6.03 Å². The molecule has 7 nitrogen and oxygen atoms in total. The standard InChI is InChI=1S/C31H22Br2N2O5/c32-23-15-22(28(27(33)17-23)40-19-21-9-5-2-6-10-21)16-26-29(36)34-31(38)35(30(26)37)24-11-13-25(14-12-24)39-18-20-7-3-1-4-8-20/h1-17H,18-19H2,(H,34,36,38)/b26-16+. The second-order valence-electron chi connectivity index (χ2n) is 8.81. The maximum Gasteiger partial charge on any atom is 0.335 e. The Balaban J connectivity index is 1.39. The first-order chi connectivity index (χ1) is 19.4. The van der Waals surface area contributed by atoms with Crippen LogP contribution in [0.4, 0.5) is 10.5 Å². The average molecular weight is 662 g/mol. The van der Waals surface area contributed by atoms with Crippen molar-refractivity contribution in [3.8, 4) is 11.5 Å². The van der Waals surface area contributed by atoms with Gasteiger partial charge in [-0.2, -0.15) is 0 Å². The Bertz CT molecular complexity index is 1590. The highest BCUT2D eigenvalue weighted by Crippen LogP contribution is 2.36. The third-order valence-corrected chi connectivity index (χ3v) is 7.05. The van der Waals surface area contributed by atoms with E-state index in [1.54, 1.807) is 30.3 Å². The summed E-state index contributed by atoms with van der Waals surface area (Å²) < 4.78 is 13.2. The first-order valence-electron chi connectivity index (χ1n) is 12.2. The van der Waals surface area contributed by atoms with E-state index in [1.807, 2.05) is 66.7 Å². The number of hydrogen-bond donors (Lipinski definition) is 1. The van der Waals surface area contributed by atoms with Crippen molar-refractivity contribution in [2.45, 2.75) is 13.2 Å². The summed E-state index contributed by atoms with van der Waals surface area (Å²) in [5, 5.41) is 2.26. The lowest BCUT2D eigenvalue weighted by atomic mass is 10.1. The van der Waals surface area contributed by atoms with E-state index < -0.39 is 17.8 Å². The van der Waals surface area contributed by atoms with Crippen molar-refractivity contribution in [2.75, 3.05) is 4.90 Å². The van der Waals surface area contributed by atoms with Gasteiger partial charge in [-0.1, -0.05) is 76.6 Å². The fourth-order valence-corrected chi connectivity index (χ4v) is 5.42. The molecule has 4 aromatic carbocycles. The topological polar surface area (TPSA) is 84.9 Å². The summed E-state index contributed by atoms with van der Waals surface area (Å²) in [7, 11) is 0. The van der Waals surface area contributed by atoms with E-state index >= 15 is 0 Å². The van der Waals surface area contributed by atoms with Gasteiger partial charge in [0.15, 0.2) is 0 Å². The van der Waals surface area contributed by atoms with Crippen molar-refractivity contribution < 1.29 is 23.9 Å². The van der Waals surface area contributed by atoms with Crippen LogP contribution in [0.25, 0.3) is 6.08 Å². The summed E-state index contributed by atoms with van der Waals surface area (Å²) in [5.74, 6) is -0.525. The van der Waals surface area contributed by atoms with Crippen LogP contribution in [0.3, 0.4) is 0 Å². The van der Waals surface area contributed by atoms with Crippen LogP contribution in [0.5, 0.6) is 11.5 Å². The van der Waals surface area contributed by atoms with Crippen molar-refractivity contribution in [3.05, 3.63) is 128 Å². The minimum atomic E-state index is -0.832. The molecule has 1 saturated heterocycles. The Kier molecular flexibility index (Phi) is 8.42. The molecule has 0 atom stereocenters. The number of urea groups is 1. The molecule has 0 saturated carbocycles. The predicted molar refractivity (Wildman–Crippen MR) is 159 cm³/mol. The van der Waals surface area contributed by atoms with Gasteiger partial charge in [0.05, 0.1) is 10.2 Å². The molecule has 1 aliphatic heterocycles. The number of ether oxygens (including phenoxy) is 2. The summed E-state index contributed by atoms with van der Waals surface area (Å²) in [5.41, 5.74) is 2.53. The van der Waals surface area contributed by atoms with Crippen molar-refractivity contribution in [1.82, 2.24) is 5.32 Å². The molecular formula is C31H22Br2N2O5. The first-order valence-corrected chi connectivity index (χ1v) is 13.8. The number of amides is 4. The summed E-state index contributed by atoms with van der Waals surface area (Å²) >= 11 is 6.97. The molecule has 0 radical (unpaired) electrons. The number of carbonyl (C=O) groups excluding carboxylic acids is 3. The Labute approximate surface area is 247 Å². The normalized spacial score (nSPS) is 14.3. The number of anilines is 1. The van der Waals surface area contributed by atoms with Crippen LogP contribution in [-0.4, -0.2) is 17.8 Å². The molecule has 0 aliphatic carbocycles. The van der Waals surface area contributed by atoms with Gasteiger partial charge in [0.25, 0.3) is 11.8 Å². The highest BCUT2D eigenvalue weighted by Gasteiger charge is 2.37. The smallest absolute Gasteiger partial charge is 0.335 e. The maximum absolute atomic E-state index is 13.5. The number of halogens is 2. The van der Waals surface area contributed by atoms with E-state index in [2.05, 4.69) is 37.2 Å². The Hall–Kier alpha value is -4.21. The molecule has 9 heteroatoms. The maximum atomic E-state index is 13.5. The van der Waals surface area contributed by atoms with Gasteiger partial charge < -0.3 is 9.47 Å². The molecule has 1 heterocycles. The van der Waals surface area contributed by atoms with Gasteiger partial charge in [0, 0.05) is 10.0 Å². The van der Waals surface area contributed by atoms with E-state index in [0.717, 1.165) is 16.0 Å². The second-order valence-corrected chi connectivity index (χ2v) is 10.6. The summed E-state index contributed by atoms with van der Waals surface area (Å²) in [6, 6.07) is 28.5. The van der Waals surface area contributed by atoms with E-state index in [0.29, 0.717) is 38.3 Å². The third kappa shape index (κ3) is 6.32. The number of barbiturate groups is 1. The van der Waals surface area contributed by atoms with Crippen molar-refractivity contribution in [1.29, 1.82) is 0 Å². The lowest BCUT2D eigenvalue weighted by molar-refractivity contribution is -0.122. The molecule has 0 unspecified atom stereocenters. The fraction of sp³-hybridized carbons (Fsp3) is 0.0645. The van der Waals surface area contributed by atoms with Crippen LogP contribution in [0.15, 0.2) is 112 Å². The summed E-state index contributed by atoms with van der Waals surface area (Å²) in [6.07, 6.45) is 1.42. The van der Waals surface area contributed by atoms with Gasteiger partial charge in [0.1, 0.15) is 30.3 Å². The van der Waals surface area contributed by atoms with Crippen LogP contribution in [0, 0.1) is 0 Å². The van der Waals surface area contributed by atoms with Gasteiger partial charge in [-0.25, -0.2) is 9.69 Å². The number of benzene rings is 4. The molecule has 0 aromatic heterocycles. The van der Waals surface area contributed by atoms with Crippen LogP contribution in [-0.2, 0) is 22.8 Å². The minimum Gasteiger partial charge on any atom is -0.489 e. The van der Waals surface area contributed by atoms with E-state index in [9.17, 15) is 14.4 Å². The number of nitrogens with zero attached hydrogens (tertiary/aromatic N) is 1. The predicted octanol–water partition coefficient (Wildman–Crippen LogP) is 7.04. The molecule has 0 bridgehead atoms. The Morgan fingerprint density at radius 1 is 0.750 bits per heavy atom. The van der Waals surface area contributed by atoms with Gasteiger partial charge in [-0.3, -0.25) is 14.9 Å². The highest BCUT2D eigenvalue weighted by atomic mass is 79.9. The van der Waals surface area contributed by atoms with Crippen molar-refractivity contribution >= 4 is 61.5 Å². The second kappa shape index (κ2) is 12.3. The third-order valence-electron chi connectivity index (χ3n) is 6.01.